The summed E-state index contributed by atoms with van der Waals surface area (Å²) in [5.41, 5.74) is 3.62. The SMILES string of the molecule is CC(C)c1cc(C(=O)N2CCCC2c2cc(CN(C)C)n(C)n2)n[nH]1. The fourth-order valence-corrected chi connectivity index (χ4v) is 3.37. The number of rotatable bonds is 5. The number of aromatic nitrogens is 4. The lowest BCUT2D eigenvalue weighted by Gasteiger charge is -2.22. The Bertz CT molecular complexity index is 745. The fraction of sp³-hybridized carbons (Fsp3) is 0.611. The maximum atomic E-state index is 12.9. The largest absolute Gasteiger partial charge is 0.329 e. The molecule has 0 aliphatic carbocycles. The topological polar surface area (TPSA) is 70.1 Å². The minimum atomic E-state index is -0.00883. The minimum absolute atomic E-state index is 0.00883. The number of carbonyl (C=O) groups is 1. The molecular formula is C18H28N6O. The molecule has 25 heavy (non-hydrogen) atoms. The van der Waals surface area contributed by atoms with Gasteiger partial charge in [0.15, 0.2) is 0 Å². The van der Waals surface area contributed by atoms with Gasteiger partial charge in [0.25, 0.3) is 5.91 Å². The van der Waals surface area contributed by atoms with E-state index in [9.17, 15) is 4.79 Å². The summed E-state index contributed by atoms with van der Waals surface area (Å²) in [6.07, 6.45) is 1.95. The van der Waals surface area contributed by atoms with Crippen molar-refractivity contribution >= 4 is 5.91 Å². The van der Waals surface area contributed by atoms with Gasteiger partial charge in [0.05, 0.1) is 17.4 Å². The van der Waals surface area contributed by atoms with E-state index in [4.69, 9.17) is 0 Å². The lowest BCUT2D eigenvalue weighted by Crippen LogP contribution is -2.31. The van der Waals surface area contributed by atoms with Gasteiger partial charge in [-0.05, 0) is 45.0 Å². The quantitative estimate of drug-likeness (QED) is 0.903. The molecule has 136 valence electrons. The van der Waals surface area contributed by atoms with Crippen LogP contribution in [0.1, 0.15) is 66.2 Å². The van der Waals surface area contributed by atoms with E-state index in [2.05, 4.69) is 40.1 Å². The van der Waals surface area contributed by atoms with E-state index in [0.717, 1.165) is 43.0 Å². The van der Waals surface area contributed by atoms with Gasteiger partial charge in [0.1, 0.15) is 5.69 Å². The van der Waals surface area contributed by atoms with Crippen molar-refractivity contribution in [1.29, 1.82) is 0 Å². The summed E-state index contributed by atoms with van der Waals surface area (Å²) in [6, 6.07) is 4.03. The predicted octanol–water partition coefficient (Wildman–Crippen LogP) is 2.31. The van der Waals surface area contributed by atoms with E-state index in [1.807, 2.05) is 36.8 Å². The average molecular weight is 344 g/mol. The third kappa shape index (κ3) is 3.61. The second kappa shape index (κ2) is 7.00. The van der Waals surface area contributed by atoms with Crippen LogP contribution in [0.25, 0.3) is 0 Å². The number of likely N-dealkylation sites (tertiary alicyclic amines) is 1. The first-order valence-electron chi connectivity index (χ1n) is 8.90. The summed E-state index contributed by atoms with van der Waals surface area (Å²) in [7, 11) is 6.05. The number of nitrogens with zero attached hydrogens (tertiary/aromatic N) is 5. The van der Waals surface area contributed by atoms with E-state index in [1.54, 1.807) is 0 Å². The van der Waals surface area contributed by atoms with Crippen LogP contribution in [0.5, 0.6) is 0 Å². The number of hydrogen-bond acceptors (Lipinski definition) is 4. The van der Waals surface area contributed by atoms with Crippen LogP contribution in [0.15, 0.2) is 12.1 Å². The van der Waals surface area contributed by atoms with E-state index < -0.39 is 0 Å². The summed E-state index contributed by atoms with van der Waals surface area (Å²) in [5.74, 6) is 0.318. The highest BCUT2D eigenvalue weighted by atomic mass is 16.2. The van der Waals surface area contributed by atoms with Gasteiger partial charge >= 0.3 is 0 Å². The molecule has 1 aliphatic rings. The van der Waals surface area contributed by atoms with Gasteiger partial charge in [-0.1, -0.05) is 13.8 Å². The molecule has 2 aromatic rings. The molecule has 1 atom stereocenters. The Hall–Kier alpha value is -2.15. The summed E-state index contributed by atoms with van der Waals surface area (Å²) in [5, 5.41) is 11.9. The maximum absolute atomic E-state index is 12.9. The zero-order valence-corrected chi connectivity index (χ0v) is 15.8. The van der Waals surface area contributed by atoms with Gasteiger partial charge in [-0.3, -0.25) is 14.6 Å². The third-order valence-electron chi connectivity index (χ3n) is 4.77. The van der Waals surface area contributed by atoms with Crippen molar-refractivity contribution in [3.05, 3.63) is 34.9 Å². The molecular weight excluding hydrogens is 316 g/mol. The summed E-state index contributed by atoms with van der Waals surface area (Å²) < 4.78 is 1.92. The zero-order valence-electron chi connectivity index (χ0n) is 15.8. The molecule has 1 N–H and O–H groups in total. The van der Waals surface area contributed by atoms with Crippen LogP contribution in [0, 0.1) is 0 Å². The minimum Gasteiger partial charge on any atom is -0.329 e. The summed E-state index contributed by atoms with van der Waals surface area (Å²) in [6.45, 7) is 5.76. The highest BCUT2D eigenvalue weighted by Crippen LogP contribution is 2.32. The molecule has 1 saturated heterocycles. The van der Waals surface area contributed by atoms with Gasteiger partial charge in [-0.25, -0.2) is 0 Å². The second-order valence-electron chi connectivity index (χ2n) is 7.44. The van der Waals surface area contributed by atoms with Crippen LogP contribution in [-0.2, 0) is 13.6 Å². The highest BCUT2D eigenvalue weighted by Gasteiger charge is 2.33. The van der Waals surface area contributed by atoms with Crippen molar-refractivity contribution in [3.8, 4) is 0 Å². The number of H-pyrrole nitrogens is 1. The van der Waals surface area contributed by atoms with Gasteiger partial charge in [-0.15, -0.1) is 0 Å². The van der Waals surface area contributed by atoms with Gasteiger partial charge in [0.2, 0.25) is 0 Å². The third-order valence-corrected chi connectivity index (χ3v) is 4.77. The number of aromatic amines is 1. The molecule has 7 heteroatoms. The van der Waals surface area contributed by atoms with Crippen molar-refractivity contribution in [1.82, 2.24) is 29.8 Å². The summed E-state index contributed by atoms with van der Waals surface area (Å²) in [4.78, 5) is 17.0. The average Bonchev–Trinajstić information content (AvgIpc) is 3.25. The standard InChI is InChI=1S/C18H28N6O/c1-12(2)14-10-16(20-19-14)18(25)24-8-6-7-17(24)15-9-13(11-22(3)4)23(5)21-15/h9-10,12,17H,6-8,11H2,1-5H3,(H,19,20). The summed E-state index contributed by atoms with van der Waals surface area (Å²) >= 11 is 0. The molecule has 0 aromatic carbocycles. The van der Waals surface area contributed by atoms with Crippen molar-refractivity contribution in [2.75, 3.05) is 20.6 Å². The molecule has 0 spiro atoms. The smallest absolute Gasteiger partial charge is 0.274 e. The van der Waals surface area contributed by atoms with E-state index in [0.29, 0.717) is 11.6 Å². The molecule has 1 amide bonds. The molecule has 0 radical (unpaired) electrons. The molecule has 0 saturated carbocycles. The molecule has 2 aromatic heterocycles. The Balaban J connectivity index is 1.81. The Kier molecular flexibility index (Phi) is 4.94. The van der Waals surface area contributed by atoms with Crippen LogP contribution >= 0.6 is 0 Å². The second-order valence-corrected chi connectivity index (χ2v) is 7.44. The van der Waals surface area contributed by atoms with Crippen LogP contribution < -0.4 is 0 Å². The Morgan fingerprint density at radius 3 is 2.80 bits per heavy atom. The maximum Gasteiger partial charge on any atom is 0.274 e. The normalized spacial score (nSPS) is 17.9. The fourth-order valence-electron chi connectivity index (χ4n) is 3.37. The Labute approximate surface area is 149 Å². The molecule has 0 bridgehead atoms. The van der Waals surface area contributed by atoms with Crippen LogP contribution in [-0.4, -0.2) is 56.3 Å². The molecule has 7 nitrogen and oxygen atoms in total. The number of nitrogens with one attached hydrogen (secondary N) is 1. The molecule has 1 fully saturated rings. The van der Waals surface area contributed by atoms with Gasteiger partial charge < -0.3 is 9.80 Å². The number of amides is 1. The van der Waals surface area contributed by atoms with Gasteiger partial charge in [0, 0.05) is 25.8 Å². The first kappa shape index (κ1) is 17.7. The van der Waals surface area contributed by atoms with Crippen molar-refractivity contribution in [3.63, 3.8) is 0 Å². The molecule has 3 heterocycles. The monoisotopic (exact) mass is 344 g/mol. The number of carbonyl (C=O) groups excluding carboxylic acids is 1. The van der Waals surface area contributed by atoms with Crippen LogP contribution in [0.3, 0.4) is 0 Å². The van der Waals surface area contributed by atoms with Crippen molar-refractivity contribution in [2.24, 2.45) is 7.05 Å². The predicted molar refractivity (Wildman–Crippen MR) is 96.3 cm³/mol. The van der Waals surface area contributed by atoms with E-state index >= 15 is 0 Å². The zero-order chi connectivity index (χ0) is 18.1. The van der Waals surface area contributed by atoms with E-state index in [-0.39, 0.29) is 11.9 Å². The highest BCUT2D eigenvalue weighted by molar-refractivity contribution is 5.92. The Morgan fingerprint density at radius 1 is 1.40 bits per heavy atom. The van der Waals surface area contributed by atoms with Crippen molar-refractivity contribution in [2.45, 2.75) is 45.2 Å². The van der Waals surface area contributed by atoms with E-state index in [1.165, 1.54) is 0 Å². The van der Waals surface area contributed by atoms with Crippen molar-refractivity contribution < 1.29 is 4.79 Å². The Morgan fingerprint density at radius 2 is 2.16 bits per heavy atom. The van der Waals surface area contributed by atoms with Crippen LogP contribution in [0.4, 0.5) is 0 Å². The first-order chi connectivity index (χ1) is 11.9. The number of aryl methyl sites for hydroxylation is 1. The lowest BCUT2D eigenvalue weighted by atomic mass is 10.1. The first-order valence-corrected chi connectivity index (χ1v) is 8.90. The van der Waals surface area contributed by atoms with Crippen LogP contribution in [0.2, 0.25) is 0 Å². The van der Waals surface area contributed by atoms with Gasteiger partial charge in [-0.2, -0.15) is 10.2 Å². The lowest BCUT2D eigenvalue weighted by molar-refractivity contribution is 0.0726. The molecule has 1 aliphatic heterocycles. The molecule has 3 rings (SSSR count). The molecule has 1 unspecified atom stereocenters. The number of hydrogen-bond donors (Lipinski definition) is 1.